The Bertz CT molecular complexity index is 342. The molecule has 1 aliphatic rings. The topological polar surface area (TPSA) is 43.7 Å². The molecule has 0 saturated carbocycles. The lowest BCUT2D eigenvalue weighted by molar-refractivity contribution is 0.0962. The van der Waals surface area contributed by atoms with Gasteiger partial charge in [-0.15, -0.1) is 0 Å². The van der Waals surface area contributed by atoms with Gasteiger partial charge < -0.3 is 15.1 Å². The van der Waals surface area contributed by atoms with E-state index in [2.05, 4.69) is 4.90 Å². The van der Waals surface area contributed by atoms with Gasteiger partial charge in [-0.3, -0.25) is 0 Å². The molecular weight excluding hydrogens is 226 g/mol. The van der Waals surface area contributed by atoms with Crippen LogP contribution in [0.4, 0.5) is 0 Å². The van der Waals surface area contributed by atoms with Crippen LogP contribution in [0.1, 0.15) is 30.9 Å². The minimum absolute atomic E-state index is 0.289. The van der Waals surface area contributed by atoms with Crippen LogP contribution < -0.4 is 0 Å². The molecule has 0 spiro atoms. The Morgan fingerprint density at radius 1 is 1.28 bits per heavy atom. The lowest BCUT2D eigenvalue weighted by Crippen LogP contribution is -2.37. The molecule has 0 aliphatic carbocycles. The van der Waals surface area contributed by atoms with Crippen LogP contribution in [-0.4, -0.2) is 41.4 Å². The van der Waals surface area contributed by atoms with Crippen LogP contribution in [0, 0.1) is 5.92 Å². The number of benzene rings is 1. The van der Waals surface area contributed by atoms with Crippen LogP contribution in [0.25, 0.3) is 0 Å². The molecule has 1 saturated heterocycles. The molecule has 1 fully saturated rings. The number of hydrogen-bond acceptors (Lipinski definition) is 3. The van der Waals surface area contributed by atoms with E-state index in [0.29, 0.717) is 5.92 Å². The van der Waals surface area contributed by atoms with Gasteiger partial charge >= 0.3 is 0 Å². The highest BCUT2D eigenvalue weighted by atomic mass is 16.3. The van der Waals surface area contributed by atoms with Crippen molar-refractivity contribution in [1.29, 1.82) is 0 Å². The van der Waals surface area contributed by atoms with Gasteiger partial charge in [-0.2, -0.15) is 0 Å². The molecule has 2 unspecified atom stereocenters. The Labute approximate surface area is 109 Å². The highest BCUT2D eigenvalue weighted by molar-refractivity contribution is 5.17. The second-order valence-electron chi connectivity index (χ2n) is 5.21. The normalized spacial score (nSPS) is 22.9. The number of rotatable bonds is 5. The first-order valence-electron chi connectivity index (χ1n) is 6.86. The van der Waals surface area contributed by atoms with E-state index in [1.54, 1.807) is 0 Å². The first-order chi connectivity index (χ1) is 8.79. The van der Waals surface area contributed by atoms with E-state index in [1.807, 2.05) is 30.3 Å². The fraction of sp³-hybridized carbons (Fsp3) is 0.600. The molecule has 1 aromatic rings. The Kier molecular flexibility index (Phi) is 5.17. The van der Waals surface area contributed by atoms with Crippen molar-refractivity contribution in [3.8, 4) is 0 Å². The van der Waals surface area contributed by atoms with E-state index in [0.717, 1.165) is 44.5 Å². The van der Waals surface area contributed by atoms with Crippen molar-refractivity contribution in [1.82, 2.24) is 4.90 Å². The van der Waals surface area contributed by atoms with Crippen molar-refractivity contribution in [3.05, 3.63) is 35.9 Å². The van der Waals surface area contributed by atoms with Crippen LogP contribution in [0.3, 0.4) is 0 Å². The zero-order valence-corrected chi connectivity index (χ0v) is 10.8. The Hall–Kier alpha value is -0.900. The Balaban J connectivity index is 1.77. The van der Waals surface area contributed by atoms with Crippen LogP contribution in [-0.2, 0) is 0 Å². The molecule has 2 atom stereocenters. The van der Waals surface area contributed by atoms with E-state index in [9.17, 15) is 10.2 Å². The molecule has 2 N–H and O–H groups in total. The smallest absolute Gasteiger partial charge is 0.0802 e. The van der Waals surface area contributed by atoms with E-state index >= 15 is 0 Å². The third-order valence-electron chi connectivity index (χ3n) is 3.76. The Morgan fingerprint density at radius 2 is 2.06 bits per heavy atom. The van der Waals surface area contributed by atoms with Crippen LogP contribution in [0.2, 0.25) is 0 Å². The summed E-state index contributed by atoms with van der Waals surface area (Å²) in [6, 6.07) is 9.82. The van der Waals surface area contributed by atoms with Crippen molar-refractivity contribution >= 4 is 0 Å². The van der Waals surface area contributed by atoms with Gasteiger partial charge in [0.1, 0.15) is 0 Å². The minimum atomic E-state index is -0.374. The van der Waals surface area contributed by atoms with Crippen molar-refractivity contribution in [3.63, 3.8) is 0 Å². The molecule has 0 amide bonds. The Morgan fingerprint density at radius 3 is 2.78 bits per heavy atom. The first-order valence-corrected chi connectivity index (χ1v) is 6.86. The summed E-state index contributed by atoms with van der Waals surface area (Å²) < 4.78 is 0. The van der Waals surface area contributed by atoms with E-state index < -0.39 is 0 Å². The predicted molar refractivity (Wildman–Crippen MR) is 72.3 cm³/mol. The SMILES string of the molecule is OCC1CCCN(CCC(O)c2ccccc2)C1. The highest BCUT2D eigenvalue weighted by Gasteiger charge is 2.19. The average Bonchev–Trinajstić information content (AvgIpc) is 2.46. The minimum Gasteiger partial charge on any atom is -0.396 e. The summed E-state index contributed by atoms with van der Waals surface area (Å²) in [4.78, 5) is 2.36. The quantitative estimate of drug-likeness (QED) is 0.836. The number of aliphatic hydroxyl groups is 2. The van der Waals surface area contributed by atoms with Gasteiger partial charge in [-0.25, -0.2) is 0 Å². The van der Waals surface area contributed by atoms with Crippen molar-refractivity contribution in [2.75, 3.05) is 26.2 Å². The second-order valence-corrected chi connectivity index (χ2v) is 5.21. The molecule has 1 aliphatic heterocycles. The third-order valence-corrected chi connectivity index (χ3v) is 3.76. The van der Waals surface area contributed by atoms with Gasteiger partial charge in [0, 0.05) is 19.7 Å². The molecule has 1 heterocycles. The number of hydrogen-bond donors (Lipinski definition) is 2. The monoisotopic (exact) mass is 249 g/mol. The van der Waals surface area contributed by atoms with Crippen LogP contribution >= 0.6 is 0 Å². The maximum atomic E-state index is 10.1. The van der Waals surface area contributed by atoms with Gasteiger partial charge in [0.05, 0.1) is 6.10 Å². The fourth-order valence-corrected chi connectivity index (χ4v) is 2.65. The van der Waals surface area contributed by atoms with Crippen molar-refractivity contribution in [2.45, 2.75) is 25.4 Å². The number of likely N-dealkylation sites (tertiary alicyclic amines) is 1. The fourth-order valence-electron chi connectivity index (χ4n) is 2.65. The lowest BCUT2D eigenvalue weighted by Gasteiger charge is -2.32. The highest BCUT2D eigenvalue weighted by Crippen LogP contribution is 2.20. The van der Waals surface area contributed by atoms with E-state index in [-0.39, 0.29) is 12.7 Å². The van der Waals surface area contributed by atoms with Gasteiger partial charge in [0.2, 0.25) is 0 Å². The summed E-state index contributed by atoms with van der Waals surface area (Å²) in [5.74, 6) is 0.424. The predicted octanol–water partition coefficient (Wildman–Crippen LogP) is 1.81. The third kappa shape index (κ3) is 3.80. The van der Waals surface area contributed by atoms with Crippen molar-refractivity contribution in [2.24, 2.45) is 5.92 Å². The molecule has 100 valence electrons. The second kappa shape index (κ2) is 6.88. The first kappa shape index (κ1) is 13.5. The summed E-state index contributed by atoms with van der Waals surface area (Å²) >= 11 is 0. The summed E-state index contributed by atoms with van der Waals surface area (Å²) in [5, 5.41) is 19.3. The van der Waals surface area contributed by atoms with E-state index in [4.69, 9.17) is 0 Å². The average molecular weight is 249 g/mol. The molecule has 0 aromatic heterocycles. The summed E-state index contributed by atoms with van der Waals surface area (Å²) in [5.41, 5.74) is 0.994. The maximum Gasteiger partial charge on any atom is 0.0802 e. The van der Waals surface area contributed by atoms with Gasteiger partial charge in [0.25, 0.3) is 0 Å². The molecule has 2 rings (SSSR count). The van der Waals surface area contributed by atoms with Crippen LogP contribution in [0.15, 0.2) is 30.3 Å². The molecule has 1 aromatic carbocycles. The lowest BCUT2D eigenvalue weighted by atomic mass is 9.98. The molecule has 18 heavy (non-hydrogen) atoms. The van der Waals surface area contributed by atoms with Gasteiger partial charge in [-0.1, -0.05) is 30.3 Å². The summed E-state index contributed by atoms with van der Waals surface area (Å²) in [7, 11) is 0. The molecule has 0 bridgehead atoms. The maximum absolute atomic E-state index is 10.1. The largest absolute Gasteiger partial charge is 0.396 e. The number of nitrogens with zero attached hydrogens (tertiary/aromatic N) is 1. The molecular formula is C15H23NO2. The zero-order chi connectivity index (χ0) is 12.8. The molecule has 3 nitrogen and oxygen atoms in total. The standard InChI is InChI=1S/C15H23NO2/c17-12-13-5-4-9-16(11-13)10-8-15(18)14-6-2-1-3-7-14/h1-3,6-7,13,15,17-18H,4-5,8-12H2. The molecule has 3 heteroatoms. The van der Waals surface area contributed by atoms with Crippen LogP contribution in [0.5, 0.6) is 0 Å². The molecule has 0 radical (unpaired) electrons. The number of piperidine rings is 1. The zero-order valence-electron chi connectivity index (χ0n) is 10.8. The number of aliphatic hydroxyl groups excluding tert-OH is 2. The summed E-state index contributed by atoms with van der Waals surface area (Å²) in [6.45, 7) is 3.26. The van der Waals surface area contributed by atoms with Gasteiger partial charge in [0.15, 0.2) is 0 Å². The van der Waals surface area contributed by atoms with Crippen molar-refractivity contribution < 1.29 is 10.2 Å². The van der Waals surface area contributed by atoms with Gasteiger partial charge in [-0.05, 0) is 37.3 Å². The van der Waals surface area contributed by atoms with E-state index in [1.165, 1.54) is 0 Å². The summed E-state index contributed by atoms with van der Waals surface area (Å²) in [6.07, 6.45) is 2.68.